The van der Waals surface area contributed by atoms with Crippen LogP contribution >= 0.6 is 11.6 Å². The number of aliphatic hydroxyl groups is 2. The van der Waals surface area contributed by atoms with E-state index in [0.717, 1.165) is 29.9 Å². The van der Waals surface area contributed by atoms with Crippen molar-refractivity contribution in [3.63, 3.8) is 0 Å². The monoisotopic (exact) mass is 497 g/mol. The second-order valence-corrected chi connectivity index (χ2v) is 8.83. The highest BCUT2D eigenvalue weighted by molar-refractivity contribution is 6.33. The molecule has 0 radical (unpaired) electrons. The quantitative estimate of drug-likeness (QED) is 0.468. The number of fused-ring (bicyclic) bond motifs is 4. The first-order valence-corrected chi connectivity index (χ1v) is 11.5. The van der Waals surface area contributed by atoms with E-state index in [1.165, 1.54) is 12.4 Å². The van der Waals surface area contributed by atoms with Crippen LogP contribution in [0.1, 0.15) is 12.1 Å². The van der Waals surface area contributed by atoms with Gasteiger partial charge in [-0.1, -0.05) is 11.6 Å². The van der Waals surface area contributed by atoms with Crippen molar-refractivity contribution in [2.75, 3.05) is 41.4 Å². The molecule has 3 aromatic rings. The molecule has 0 aromatic carbocycles. The van der Waals surface area contributed by atoms with Gasteiger partial charge in [0.15, 0.2) is 11.6 Å². The lowest BCUT2D eigenvalue weighted by molar-refractivity contribution is 0.0520. The Bertz CT molecular complexity index is 1240. The number of amides is 2. The van der Waals surface area contributed by atoms with E-state index in [4.69, 9.17) is 26.4 Å². The molecule has 1 fully saturated rings. The molecule has 1 saturated heterocycles. The van der Waals surface area contributed by atoms with E-state index in [1.54, 1.807) is 11.1 Å². The number of nitrogens with zero attached hydrogens (tertiary/aromatic N) is 6. The number of rotatable bonds is 6. The van der Waals surface area contributed by atoms with Crippen LogP contribution in [0.15, 0.2) is 36.8 Å². The van der Waals surface area contributed by atoms with Gasteiger partial charge >= 0.3 is 6.03 Å². The van der Waals surface area contributed by atoms with Gasteiger partial charge in [-0.05, 0) is 31.5 Å². The SMILES string of the molecule is Cc1cc(-c2nc3c(cc2Cl)N2CC[C@@H](C2)N3C(=O)Nc2cnc(OC[C@H](O)CO)cn2)ccn1. The van der Waals surface area contributed by atoms with Crippen molar-refractivity contribution < 1.29 is 19.7 Å². The Labute approximate surface area is 206 Å². The van der Waals surface area contributed by atoms with Crippen LogP contribution in [0.5, 0.6) is 5.88 Å². The fraction of sp³-hybridized carbons (Fsp3) is 0.348. The summed E-state index contributed by atoms with van der Waals surface area (Å²) in [6, 6.07) is 5.20. The third-order valence-corrected chi connectivity index (χ3v) is 6.21. The molecule has 0 unspecified atom stereocenters. The van der Waals surface area contributed by atoms with E-state index in [-0.39, 0.29) is 30.4 Å². The molecule has 0 spiro atoms. The van der Waals surface area contributed by atoms with E-state index in [2.05, 4.69) is 25.2 Å². The molecule has 182 valence electrons. The molecule has 0 aliphatic carbocycles. The number of aryl methyl sites for hydroxylation is 1. The predicted octanol–water partition coefficient (Wildman–Crippen LogP) is 2.26. The van der Waals surface area contributed by atoms with E-state index < -0.39 is 12.7 Å². The Balaban J connectivity index is 1.41. The maximum atomic E-state index is 13.4. The first-order valence-electron chi connectivity index (χ1n) is 11.2. The predicted molar refractivity (Wildman–Crippen MR) is 130 cm³/mol. The Morgan fingerprint density at radius 1 is 1.31 bits per heavy atom. The van der Waals surface area contributed by atoms with Crippen LogP contribution in [0.2, 0.25) is 5.02 Å². The van der Waals surface area contributed by atoms with Crippen LogP contribution in [-0.4, -0.2) is 74.6 Å². The molecule has 11 nitrogen and oxygen atoms in total. The molecular formula is C23H24ClN7O4. The van der Waals surface area contributed by atoms with Crippen molar-refractivity contribution in [3.05, 3.63) is 47.5 Å². The first-order chi connectivity index (χ1) is 16.9. The van der Waals surface area contributed by atoms with Crippen molar-refractivity contribution in [1.29, 1.82) is 0 Å². The van der Waals surface area contributed by atoms with E-state index in [0.29, 0.717) is 23.1 Å². The van der Waals surface area contributed by atoms with Crippen molar-refractivity contribution in [1.82, 2.24) is 19.9 Å². The summed E-state index contributed by atoms with van der Waals surface area (Å²) in [6.45, 7) is 2.86. The average molecular weight is 498 g/mol. The van der Waals surface area contributed by atoms with Crippen LogP contribution in [0.3, 0.4) is 0 Å². The van der Waals surface area contributed by atoms with Gasteiger partial charge in [0.05, 0.1) is 41.4 Å². The minimum Gasteiger partial charge on any atom is -0.474 e. The van der Waals surface area contributed by atoms with E-state index in [1.807, 2.05) is 25.1 Å². The number of hydrogen-bond donors (Lipinski definition) is 3. The summed E-state index contributed by atoms with van der Waals surface area (Å²) in [5.74, 6) is 0.945. The third-order valence-electron chi connectivity index (χ3n) is 5.92. The van der Waals surface area contributed by atoms with Crippen molar-refractivity contribution >= 4 is 35.0 Å². The van der Waals surface area contributed by atoms with Gasteiger partial charge < -0.3 is 19.8 Å². The van der Waals surface area contributed by atoms with Gasteiger partial charge in [-0.15, -0.1) is 0 Å². The van der Waals surface area contributed by atoms with Crippen LogP contribution in [0.25, 0.3) is 11.3 Å². The topological polar surface area (TPSA) is 137 Å². The Hall–Kier alpha value is -3.54. The summed E-state index contributed by atoms with van der Waals surface area (Å²) in [5, 5.41) is 21.5. The van der Waals surface area contributed by atoms with Gasteiger partial charge in [0.25, 0.3) is 0 Å². The smallest absolute Gasteiger partial charge is 0.329 e. The largest absolute Gasteiger partial charge is 0.474 e. The van der Waals surface area contributed by atoms with Crippen LogP contribution in [0, 0.1) is 6.92 Å². The number of aromatic nitrogens is 4. The number of nitrogens with one attached hydrogen (secondary N) is 1. The average Bonchev–Trinajstić information content (AvgIpc) is 3.28. The standard InChI is InChI=1S/C23H24ClN7O4/c1-13-6-14(2-4-25-13)21-17(24)7-18-22(29-21)31(15-3-5-30(18)10-15)23(34)28-19-8-27-20(9-26-19)35-12-16(33)11-32/h2,4,6-9,15-16,32-33H,3,5,10-12H2,1H3,(H,26,28,34)/t15-,16+/m0/s1. The molecule has 3 N–H and O–H groups in total. The number of carbonyl (C=O) groups is 1. The lowest BCUT2D eigenvalue weighted by Crippen LogP contribution is -2.48. The summed E-state index contributed by atoms with van der Waals surface area (Å²) in [7, 11) is 0. The van der Waals surface area contributed by atoms with Crippen LogP contribution in [0.4, 0.5) is 22.1 Å². The second kappa shape index (κ2) is 9.61. The Kier molecular flexibility index (Phi) is 6.37. The van der Waals surface area contributed by atoms with Crippen LogP contribution < -0.4 is 19.9 Å². The van der Waals surface area contributed by atoms with Gasteiger partial charge in [0.1, 0.15) is 12.7 Å². The number of pyridine rings is 2. The van der Waals surface area contributed by atoms with E-state index in [9.17, 15) is 9.90 Å². The van der Waals surface area contributed by atoms with Crippen molar-refractivity contribution in [2.24, 2.45) is 0 Å². The molecule has 2 aliphatic heterocycles. The second-order valence-electron chi connectivity index (χ2n) is 8.42. The molecule has 5 rings (SSSR count). The zero-order chi connectivity index (χ0) is 24.5. The zero-order valence-electron chi connectivity index (χ0n) is 18.9. The highest BCUT2D eigenvalue weighted by Gasteiger charge is 2.41. The number of hydrogen-bond acceptors (Lipinski definition) is 9. The van der Waals surface area contributed by atoms with Gasteiger partial charge in [-0.3, -0.25) is 15.2 Å². The van der Waals surface area contributed by atoms with Crippen LogP contribution in [-0.2, 0) is 0 Å². The highest BCUT2D eigenvalue weighted by atomic mass is 35.5. The summed E-state index contributed by atoms with van der Waals surface area (Å²) in [4.78, 5) is 34.6. The summed E-state index contributed by atoms with van der Waals surface area (Å²) >= 11 is 6.62. The summed E-state index contributed by atoms with van der Waals surface area (Å²) < 4.78 is 5.26. The number of halogens is 1. The van der Waals surface area contributed by atoms with Gasteiger partial charge in [-0.2, -0.15) is 0 Å². The third kappa shape index (κ3) is 4.70. The molecule has 2 atom stereocenters. The number of urea groups is 1. The maximum Gasteiger partial charge on any atom is 0.329 e. The fourth-order valence-corrected chi connectivity index (χ4v) is 4.50. The molecular weight excluding hydrogens is 474 g/mol. The van der Waals surface area contributed by atoms with Crippen molar-refractivity contribution in [2.45, 2.75) is 25.5 Å². The molecule has 2 bridgehead atoms. The highest BCUT2D eigenvalue weighted by Crippen LogP contribution is 2.43. The Morgan fingerprint density at radius 3 is 2.91 bits per heavy atom. The van der Waals surface area contributed by atoms with E-state index >= 15 is 0 Å². The molecule has 2 amide bonds. The minimum atomic E-state index is -1.01. The first kappa shape index (κ1) is 23.2. The molecule has 5 heterocycles. The number of ether oxygens (including phenoxy) is 1. The minimum absolute atomic E-state index is 0.0428. The fourth-order valence-electron chi connectivity index (χ4n) is 4.24. The van der Waals surface area contributed by atoms with Crippen molar-refractivity contribution in [3.8, 4) is 17.1 Å². The van der Waals surface area contributed by atoms with Gasteiger partial charge in [-0.25, -0.2) is 19.7 Å². The van der Waals surface area contributed by atoms with Gasteiger partial charge in [0, 0.05) is 30.5 Å². The lowest BCUT2D eigenvalue weighted by atomic mass is 10.1. The molecule has 35 heavy (non-hydrogen) atoms. The normalized spacial score (nSPS) is 17.2. The molecule has 3 aromatic heterocycles. The number of aliphatic hydroxyl groups excluding tert-OH is 2. The lowest BCUT2D eigenvalue weighted by Gasteiger charge is -2.36. The van der Waals surface area contributed by atoms with Gasteiger partial charge in [0.2, 0.25) is 5.88 Å². The Morgan fingerprint density at radius 2 is 2.17 bits per heavy atom. The zero-order valence-corrected chi connectivity index (χ0v) is 19.7. The molecule has 12 heteroatoms. The molecule has 2 aliphatic rings. The summed E-state index contributed by atoms with van der Waals surface area (Å²) in [6.07, 6.45) is 4.20. The number of anilines is 3. The molecule has 0 saturated carbocycles. The summed E-state index contributed by atoms with van der Waals surface area (Å²) in [5.41, 5.74) is 3.06. The number of carbonyl (C=O) groups excluding carboxylic acids is 1. The maximum absolute atomic E-state index is 13.4.